The van der Waals surface area contributed by atoms with Crippen molar-refractivity contribution in [3.8, 4) is 11.5 Å². The zero-order valence-electron chi connectivity index (χ0n) is 14.4. The Morgan fingerprint density at radius 3 is 2.60 bits per heavy atom. The van der Waals surface area contributed by atoms with E-state index in [-0.39, 0.29) is 31.3 Å². The van der Waals surface area contributed by atoms with Gasteiger partial charge in [0.2, 0.25) is 0 Å². The van der Waals surface area contributed by atoms with E-state index in [1.165, 1.54) is 6.08 Å². The number of amides is 2. The van der Waals surface area contributed by atoms with Crippen LogP contribution in [0.4, 0.5) is 4.79 Å². The highest BCUT2D eigenvalue weighted by Crippen LogP contribution is 2.25. The number of nitrogens with one attached hydrogen (secondary N) is 1. The molecule has 0 atom stereocenters. The Morgan fingerprint density at radius 1 is 1.28 bits per heavy atom. The number of methoxy groups -OCH3 is 1. The molecule has 1 fully saturated rings. The second-order valence-electron chi connectivity index (χ2n) is 5.63. The van der Waals surface area contributed by atoms with Gasteiger partial charge in [0.05, 0.1) is 7.11 Å². The molecule has 7 heteroatoms. The molecule has 7 nitrogen and oxygen atoms in total. The number of hydrogen-bond acceptors (Lipinski definition) is 5. The van der Waals surface area contributed by atoms with Gasteiger partial charge in [0, 0.05) is 19.1 Å². The molecule has 1 saturated heterocycles. The summed E-state index contributed by atoms with van der Waals surface area (Å²) < 4.78 is 15.7. The van der Waals surface area contributed by atoms with E-state index in [4.69, 9.17) is 14.2 Å². The average molecular weight is 348 g/mol. The fourth-order valence-corrected chi connectivity index (χ4v) is 2.58. The SMILES string of the molecule is C=CCOC(=O)N1CCC(NC(=O)COc2ccccc2OC)CC1. The predicted octanol–water partition coefficient (Wildman–Crippen LogP) is 1.98. The maximum absolute atomic E-state index is 12.0. The van der Waals surface area contributed by atoms with Crippen LogP contribution in [0.25, 0.3) is 0 Å². The summed E-state index contributed by atoms with van der Waals surface area (Å²) in [6.45, 7) is 4.73. The summed E-state index contributed by atoms with van der Waals surface area (Å²) >= 11 is 0. The summed E-state index contributed by atoms with van der Waals surface area (Å²) in [5, 5.41) is 2.93. The number of piperidine rings is 1. The minimum Gasteiger partial charge on any atom is -0.493 e. The standard InChI is InChI=1S/C18H24N2O5/c1-3-12-24-18(22)20-10-8-14(9-11-20)19-17(21)13-25-16-7-5-4-6-15(16)23-2/h3-7,14H,1,8-13H2,2H3,(H,19,21). The van der Waals surface area contributed by atoms with Crippen LogP contribution in [0.15, 0.2) is 36.9 Å². The molecule has 1 aromatic rings. The van der Waals surface area contributed by atoms with E-state index in [9.17, 15) is 9.59 Å². The molecule has 1 aliphatic heterocycles. The van der Waals surface area contributed by atoms with Crippen LogP contribution < -0.4 is 14.8 Å². The summed E-state index contributed by atoms with van der Waals surface area (Å²) in [4.78, 5) is 25.4. The molecule has 0 saturated carbocycles. The van der Waals surface area contributed by atoms with Crippen LogP contribution in [0.1, 0.15) is 12.8 Å². The molecule has 1 N–H and O–H groups in total. The molecule has 1 aliphatic rings. The maximum Gasteiger partial charge on any atom is 0.410 e. The van der Waals surface area contributed by atoms with Crippen LogP contribution in [-0.4, -0.2) is 56.4 Å². The van der Waals surface area contributed by atoms with Gasteiger partial charge in [-0.25, -0.2) is 4.79 Å². The van der Waals surface area contributed by atoms with Gasteiger partial charge in [-0.3, -0.25) is 4.79 Å². The number of para-hydroxylation sites is 2. The Balaban J connectivity index is 1.71. The van der Waals surface area contributed by atoms with Crippen LogP contribution in [0.2, 0.25) is 0 Å². The van der Waals surface area contributed by atoms with E-state index in [0.29, 0.717) is 37.4 Å². The number of nitrogens with zero attached hydrogens (tertiary/aromatic N) is 1. The monoisotopic (exact) mass is 348 g/mol. The lowest BCUT2D eigenvalue weighted by Crippen LogP contribution is -2.47. The number of benzene rings is 1. The van der Waals surface area contributed by atoms with Crippen molar-refractivity contribution in [3.05, 3.63) is 36.9 Å². The third kappa shape index (κ3) is 5.70. The first-order chi connectivity index (χ1) is 12.1. The first kappa shape index (κ1) is 18.6. The van der Waals surface area contributed by atoms with Gasteiger partial charge in [-0.15, -0.1) is 0 Å². The minimum absolute atomic E-state index is 0.0252. The van der Waals surface area contributed by atoms with Gasteiger partial charge in [-0.1, -0.05) is 24.8 Å². The molecule has 0 aliphatic carbocycles. The smallest absolute Gasteiger partial charge is 0.410 e. The first-order valence-electron chi connectivity index (χ1n) is 8.21. The third-order valence-electron chi connectivity index (χ3n) is 3.87. The van der Waals surface area contributed by atoms with Crippen LogP contribution in [0, 0.1) is 0 Å². The number of ether oxygens (including phenoxy) is 3. The number of likely N-dealkylation sites (tertiary alicyclic amines) is 1. The normalized spacial score (nSPS) is 14.5. The van der Waals surface area contributed by atoms with Crippen LogP contribution in [0.3, 0.4) is 0 Å². The molecule has 0 aromatic heterocycles. The molecule has 0 spiro atoms. The molecule has 0 unspecified atom stereocenters. The average Bonchev–Trinajstić information content (AvgIpc) is 2.65. The zero-order valence-corrected chi connectivity index (χ0v) is 14.4. The van der Waals surface area contributed by atoms with Gasteiger partial charge in [-0.05, 0) is 25.0 Å². The van der Waals surface area contributed by atoms with Gasteiger partial charge in [0.25, 0.3) is 5.91 Å². The molecule has 1 aromatic carbocycles. The molecule has 2 rings (SSSR count). The number of rotatable bonds is 7. The van der Waals surface area contributed by atoms with Crippen LogP contribution in [-0.2, 0) is 9.53 Å². The fraction of sp³-hybridized carbons (Fsp3) is 0.444. The van der Waals surface area contributed by atoms with Crippen molar-refractivity contribution in [1.82, 2.24) is 10.2 Å². The maximum atomic E-state index is 12.0. The summed E-state index contributed by atoms with van der Waals surface area (Å²) in [7, 11) is 1.55. The summed E-state index contributed by atoms with van der Waals surface area (Å²) in [5.41, 5.74) is 0. The molecule has 0 radical (unpaired) electrons. The van der Waals surface area contributed by atoms with Gasteiger partial charge in [0.1, 0.15) is 6.61 Å². The van der Waals surface area contributed by atoms with Crippen LogP contribution >= 0.6 is 0 Å². The lowest BCUT2D eigenvalue weighted by atomic mass is 10.1. The highest BCUT2D eigenvalue weighted by molar-refractivity contribution is 5.78. The summed E-state index contributed by atoms with van der Waals surface area (Å²) in [5.74, 6) is 0.917. The van der Waals surface area contributed by atoms with Gasteiger partial charge in [-0.2, -0.15) is 0 Å². The van der Waals surface area contributed by atoms with Crippen molar-refractivity contribution >= 4 is 12.0 Å². The van der Waals surface area contributed by atoms with Crippen molar-refractivity contribution in [2.24, 2.45) is 0 Å². The highest BCUT2D eigenvalue weighted by Gasteiger charge is 2.24. The minimum atomic E-state index is -0.343. The van der Waals surface area contributed by atoms with E-state index in [0.717, 1.165) is 0 Å². The van der Waals surface area contributed by atoms with Crippen molar-refractivity contribution in [2.75, 3.05) is 33.4 Å². The van der Waals surface area contributed by atoms with Crippen molar-refractivity contribution < 1.29 is 23.8 Å². The Bertz CT molecular complexity index is 597. The van der Waals surface area contributed by atoms with Crippen molar-refractivity contribution in [2.45, 2.75) is 18.9 Å². The van der Waals surface area contributed by atoms with Gasteiger partial charge >= 0.3 is 6.09 Å². The molecule has 0 bridgehead atoms. The highest BCUT2D eigenvalue weighted by atomic mass is 16.6. The lowest BCUT2D eigenvalue weighted by molar-refractivity contribution is -0.124. The van der Waals surface area contributed by atoms with Crippen LogP contribution in [0.5, 0.6) is 11.5 Å². The molecule has 1 heterocycles. The molecule has 136 valence electrons. The fourth-order valence-electron chi connectivity index (χ4n) is 2.58. The number of carbonyl (C=O) groups excluding carboxylic acids is 2. The van der Waals surface area contributed by atoms with E-state index >= 15 is 0 Å². The first-order valence-corrected chi connectivity index (χ1v) is 8.21. The number of carbonyl (C=O) groups is 2. The van der Waals surface area contributed by atoms with E-state index in [1.807, 2.05) is 12.1 Å². The van der Waals surface area contributed by atoms with Gasteiger partial charge < -0.3 is 24.4 Å². The van der Waals surface area contributed by atoms with E-state index < -0.39 is 0 Å². The lowest BCUT2D eigenvalue weighted by Gasteiger charge is -2.31. The largest absolute Gasteiger partial charge is 0.493 e. The Labute approximate surface area is 147 Å². The second-order valence-corrected chi connectivity index (χ2v) is 5.63. The molecule has 2 amide bonds. The zero-order chi connectivity index (χ0) is 18.1. The van der Waals surface area contributed by atoms with E-state index in [1.54, 1.807) is 24.1 Å². The van der Waals surface area contributed by atoms with E-state index in [2.05, 4.69) is 11.9 Å². The molecule has 25 heavy (non-hydrogen) atoms. The predicted molar refractivity (Wildman–Crippen MR) is 92.8 cm³/mol. The van der Waals surface area contributed by atoms with Gasteiger partial charge in [0.15, 0.2) is 18.1 Å². The Kier molecular flexibility index (Phi) is 7.13. The molecular weight excluding hydrogens is 324 g/mol. The van der Waals surface area contributed by atoms with Crippen molar-refractivity contribution in [3.63, 3.8) is 0 Å². The van der Waals surface area contributed by atoms with Crippen molar-refractivity contribution in [1.29, 1.82) is 0 Å². The Hall–Kier alpha value is -2.70. The number of hydrogen-bond donors (Lipinski definition) is 1. The topological polar surface area (TPSA) is 77.1 Å². The summed E-state index contributed by atoms with van der Waals surface area (Å²) in [6, 6.07) is 7.20. The quantitative estimate of drug-likeness (QED) is 0.763. The summed E-state index contributed by atoms with van der Waals surface area (Å²) in [6.07, 6.45) is 2.56. The molecular formula is C18H24N2O5. The second kappa shape index (κ2) is 9.56. The third-order valence-corrected chi connectivity index (χ3v) is 3.87. The Morgan fingerprint density at radius 2 is 1.96 bits per heavy atom.